The van der Waals surface area contributed by atoms with Crippen molar-refractivity contribution < 1.29 is 14.3 Å². The van der Waals surface area contributed by atoms with Crippen LogP contribution in [0.1, 0.15) is 5.56 Å². The molecule has 0 aromatic heterocycles. The van der Waals surface area contributed by atoms with Crippen LogP contribution in [0.4, 0.5) is 5.69 Å². The molecule has 27 heavy (non-hydrogen) atoms. The number of carbonyl (C=O) groups excluding carboxylic acids is 2. The molecule has 2 amide bonds. The first-order valence-electron chi connectivity index (χ1n) is 8.60. The second kappa shape index (κ2) is 10.5. The molecule has 0 aliphatic rings. The number of hydrogen-bond acceptors (Lipinski definition) is 4. The van der Waals surface area contributed by atoms with E-state index in [2.05, 4.69) is 10.6 Å². The van der Waals surface area contributed by atoms with Crippen molar-refractivity contribution in [1.29, 1.82) is 0 Å². The highest BCUT2D eigenvalue weighted by molar-refractivity contribution is 6.30. The van der Waals surface area contributed by atoms with Crippen molar-refractivity contribution in [3.05, 3.63) is 59.1 Å². The van der Waals surface area contributed by atoms with E-state index in [9.17, 15) is 9.59 Å². The number of carbonyl (C=O) groups is 2. The Morgan fingerprint density at radius 2 is 1.63 bits per heavy atom. The number of nitrogens with zero attached hydrogens (tertiary/aromatic N) is 1. The highest BCUT2D eigenvalue weighted by Crippen LogP contribution is 2.14. The minimum Gasteiger partial charge on any atom is -0.497 e. The van der Waals surface area contributed by atoms with Crippen LogP contribution in [0, 0.1) is 0 Å². The van der Waals surface area contributed by atoms with E-state index in [1.807, 2.05) is 24.3 Å². The quantitative estimate of drug-likeness (QED) is 0.691. The number of rotatable bonds is 9. The van der Waals surface area contributed by atoms with E-state index in [4.69, 9.17) is 16.3 Å². The highest BCUT2D eigenvalue weighted by Gasteiger charge is 2.11. The van der Waals surface area contributed by atoms with E-state index in [-0.39, 0.29) is 24.9 Å². The second-order valence-corrected chi connectivity index (χ2v) is 6.61. The summed E-state index contributed by atoms with van der Waals surface area (Å²) in [5.41, 5.74) is 1.79. The van der Waals surface area contributed by atoms with Crippen LogP contribution in [0.5, 0.6) is 5.75 Å². The van der Waals surface area contributed by atoms with E-state index in [0.29, 0.717) is 17.3 Å². The van der Waals surface area contributed by atoms with Crippen molar-refractivity contribution in [3.8, 4) is 5.75 Å². The molecule has 7 heteroatoms. The number of ether oxygens (including phenoxy) is 1. The Morgan fingerprint density at radius 1 is 1.00 bits per heavy atom. The van der Waals surface area contributed by atoms with Gasteiger partial charge in [0.25, 0.3) is 0 Å². The Bertz CT molecular complexity index is 748. The number of halogens is 1. The molecular formula is C20H24ClN3O3. The van der Waals surface area contributed by atoms with Crippen LogP contribution in [0.15, 0.2) is 48.5 Å². The maximum atomic E-state index is 12.1. The molecule has 2 aromatic carbocycles. The summed E-state index contributed by atoms with van der Waals surface area (Å²) in [6.07, 6.45) is 0.727. The van der Waals surface area contributed by atoms with Crippen molar-refractivity contribution in [3.63, 3.8) is 0 Å². The zero-order valence-corrected chi connectivity index (χ0v) is 16.3. The van der Waals surface area contributed by atoms with Gasteiger partial charge in [-0.05, 0) is 55.4 Å². The standard InChI is InChI=1S/C20H24ClN3O3/c1-24(14-20(26)23-17-7-9-18(27-2)10-8-17)13-19(25)22-12-11-15-3-5-16(21)6-4-15/h3-10H,11-14H2,1-2H3,(H,22,25)(H,23,26). The molecule has 144 valence electrons. The number of amides is 2. The number of anilines is 1. The maximum Gasteiger partial charge on any atom is 0.238 e. The smallest absolute Gasteiger partial charge is 0.238 e. The van der Waals surface area contributed by atoms with E-state index in [1.165, 1.54) is 0 Å². The SMILES string of the molecule is COc1ccc(NC(=O)CN(C)CC(=O)NCCc2ccc(Cl)cc2)cc1. The van der Waals surface area contributed by atoms with Gasteiger partial charge in [0.1, 0.15) is 5.75 Å². The molecule has 0 aliphatic heterocycles. The average molecular weight is 390 g/mol. The Kier molecular flexibility index (Phi) is 8.10. The summed E-state index contributed by atoms with van der Waals surface area (Å²) in [6, 6.07) is 14.6. The first-order valence-corrected chi connectivity index (χ1v) is 8.97. The lowest BCUT2D eigenvalue weighted by molar-refractivity contribution is -0.122. The van der Waals surface area contributed by atoms with Crippen LogP contribution in [-0.2, 0) is 16.0 Å². The van der Waals surface area contributed by atoms with Crippen LogP contribution in [0.3, 0.4) is 0 Å². The van der Waals surface area contributed by atoms with Gasteiger partial charge in [0.05, 0.1) is 20.2 Å². The third-order valence-electron chi connectivity index (χ3n) is 3.85. The van der Waals surface area contributed by atoms with E-state index in [1.54, 1.807) is 43.3 Å². The number of methoxy groups -OCH3 is 1. The molecule has 2 N–H and O–H groups in total. The van der Waals surface area contributed by atoms with Gasteiger partial charge in [-0.2, -0.15) is 0 Å². The van der Waals surface area contributed by atoms with Gasteiger partial charge >= 0.3 is 0 Å². The number of nitrogens with one attached hydrogen (secondary N) is 2. The average Bonchev–Trinajstić information content (AvgIpc) is 2.63. The molecule has 0 fully saturated rings. The van der Waals surface area contributed by atoms with Crippen molar-refractivity contribution in [2.45, 2.75) is 6.42 Å². The number of hydrogen-bond donors (Lipinski definition) is 2. The first kappa shape index (κ1) is 20.7. The van der Waals surface area contributed by atoms with Gasteiger partial charge in [-0.1, -0.05) is 23.7 Å². The molecule has 0 heterocycles. The fraction of sp³-hybridized carbons (Fsp3) is 0.300. The molecule has 0 spiro atoms. The number of likely N-dealkylation sites (N-methyl/N-ethyl adjacent to an activating group) is 1. The molecule has 2 aromatic rings. The minimum absolute atomic E-state index is 0.122. The molecule has 0 atom stereocenters. The summed E-state index contributed by atoms with van der Waals surface area (Å²) < 4.78 is 5.08. The Labute approximate surface area is 164 Å². The van der Waals surface area contributed by atoms with Crippen LogP contribution in [0.2, 0.25) is 5.02 Å². The van der Waals surface area contributed by atoms with Crippen molar-refractivity contribution in [2.75, 3.05) is 39.1 Å². The monoisotopic (exact) mass is 389 g/mol. The largest absolute Gasteiger partial charge is 0.497 e. The molecule has 0 aliphatic carbocycles. The topological polar surface area (TPSA) is 70.7 Å². The maximum absolute atomic E-state index is 12.1. The fourth-order valence-electron chi connectivity index (χ4n) is 2.47. The summed E-state index contributed by atoms with van der Waals surface area (Å²) in [4.78, 5) is 25.7. The zero-order chi connectivity index (χ0) is 19.6. The third-order valence-corrected chi connectivity index (χ3v) is 4.10. The van der Waals surface area contributed by atoms with Gasteiger partial charge in [-0.25, -0.2) is 0 Å². The van der Waals surface area contributed by atoms with Crippen LogP contribution in [0.25, 0.3) is 0 Å². The van der Waals surface area contributed by atoms with Gasteiger partial charge in [-0.3, -0.25) is 14.5 Å². The summed E-state index contributed by atoms with van der Waals surface area (Å²) in [7, 11) is 3.31. The van der Waals surface area contributed by atoms with Crippen LogP contribution in [-0.4, -0.2) is 50.5 Å². The molecule has 0 unspecified atom stereocenters. The van der Waals surface area contributed by atoms with Gasteiger partial charge in [0, 0.05) is 17.3 Å². The zero-order valence-electron chi connectivity index (χ0n) is 15.5. The normalized spacial score (nSPS) is 10.5. The van der Waals surface area contributed by atoms with Crippen LogP contribution < -0.4 is 15.4 Å². The Morgan fingerprint density at radius 3 is 2.26 bits per heavy atom. The molecule has 0 saturated carbocycles. The van der Waals surface area contributed by atoms with Crippen LogP contribution >= 0.6 is 11.6 Å². The lowest BCUT2D eigenvalue weighted by Gasteiger charge is -2.16. The van der Waals surface area contributed by atoms with E-state index in [0.717, 1.165) is 17.7 Å². The van der Waals surface area contributed by atoms with Crippen molar-refractivity contribution >= 4 is 29.1 Å². The summed E-state index contributed by atoms with van der Waals surface area (Å²) in [6.45, 7) is 0.805. The molecule has 2 rings (SSSR count). The molecule has 0 bridgehead atoms. The highest BCUT2D eigenvalue weighted by atomic mass is 35.5. The Balaban J connectivity index is 1.67. The predicted octanol–water partition coefficient (Wildman–Crippen LogP) is 2.58. The van der Waals surface area contributed by atoms with Gasteiger partial charge in [0.15, 0.2) is 0 Å². The lowest BCUT2D eigenvalue weighted by atomic mass is 10.1. The first-order chi connectivity index (χ1) is 13.0. The molecule has 0 saturated heterocycles. The summed E-state index contributed by atoms with van der Waals surface area (Å²) in [5.74, 6) is 0.417. The predicted molar refractivity (Wildman–Crippen MR) is 107 cm³/mol. The van der Waals surface area contributed by atoms with E-state index < -0.39 is 0 Å². The number of benzene rings is 2. The van der Waals surface area contributed by atoms with Crippen molar-refractivity contribution in [2.24, 2.45) is 0 Å². The van der Waals surface area contributed by atoms with E-state index >= 15 is 0 Å². The van der Waals surface area contributed by atoms with Gasteiger partial charge in [-0.15, -0.1) is 0 Å². The second-order valence-electron chi connectivity index (χ2n) is 6.18. The lowest BCUT2D eigenvalue weighted by Crippen LogP contribution is -2.39. The summed E-state index contributed by atoms with van der Waals surface area (Å²) >= 11 is 5.85. The Hall–Kier alpha value is -2.57. The van der Waals surface area contributed by atoms with Gasteiger partial charge < -0.3 is 15.4 Å². The van der Waals surface area contributed by atoms with Crippen molar-refractivity contribution in [1.82, 2.24) is 10.2 Å². The molecule has 6 nitrogen and oxygen atoms in total. The molecular weight excluding hydrogens is 366 g/mol. The minimum atomic E-state index is -0.184. The molecule has 0 radical (unpaired) electrons. The van der Waals surface area contributed by atoms with Gasteiger partial charge in [0.2, 0.25) is 11.8 Å². The fourth-order valence-corrected chi connectivity index (χ4v) is 2.60. The third kappa shape index (κ3) is 7.68. The summed E-state index contributed by atoms with van der Waals surface area (Å²) in [5, 5.41) is 6.33.